The fourth-order valence-electron chi connectivity index (χ4n) is 3.85. The van der Waals surface area contributed by atoms with Gasteiger partial charge in [0.05, 0.1) is 0 Å². The Kier molecular flexibility index (Phi) is 3.86. The van der Waals surface area contributed by atoms with Crippen molar-refractivity contribution in [3.8, 4) is 0 Å². The van der Waals surface area contributed by atoms with Gasteiger partial charge in [-0.15, -0.1) is 0 Å². The van der Waals surface area contributed by atoms with Crippen molar-refractivity contribution in [2.24, 2.45) is 17.8 Å². The van der Waals surface area contributed by atoms with E-state index in [1.807, 2.05) is 6.07 Å². The molecule has 0 aromatic heterocycles. The molecule has 3 atom stereocenters. The molecule has 2 aliphatic carbocycles. The first kappa shape index (κ1) is 12.7. The average Bonchev–Trinajstić information content (AvgIpc) is 3.07. The Labute approximate surface area is 115 Å². The molecule has 1 N–H and O–H groups in total. The summed E-state index contributed by atoms with van der Waals surface area (Å²) in [6.07, 6.45) is 7.20. The Balaban J connectivity index is 1.37. The van der Waals surface area contributed by atoms with Gasteiger partial charge in [0.1, 0.15) is 0 Å². The number of rotatable bonds is 5. The summed E-state index contributed by atoms with van der Waals surface area (Å²) in [5.74, 6) is 2.19. The maximum absolute atomic E-state index is 12.1. The van der Waals surface area contributed by atoms with Gasteiger partial charge in [-0.05, 0) is 49.5 Å². The van der Waals surface area contributed by atoms with E-state index in [1.165, 1.54) is 24.8 Å². The van der Waals surface area contributed by atoms with E-state index >= 15 is 0 Å². The van der Waals surface area contributed by atoms with E-state index in [0.29, 0.717) is 17.7 Å². The number of hydrogen-bond acceptors (Lipinski definition) is 1. The predicted octanol–water partition coefficient (Wildman–Crippen LogP) is 3.17. The maximum atomic E-state index is 12.1. The molecule has 1 aromatic carbocycles. The molecule has 1 aromatic rings. The van der Waals surface area contributed by atoms with Crippen molar-refractivity contribution >= 4 is 5.91 Å². The van der Waals surface area contributed by atoms with Crippen LogP contribution < -0.4 is 5.32 Å². The van der Waals surface area contributed by atoms with Crippen LogP contribution in [0.15, 0.2) is 30.3 Å². The van der Waals surface area contributed by atoms with E-state index in [9.17, 15) is 4.79 Å². The van der Waals surface area contributed by atoms with Gasteiger partial charge in [0.15, 0.2) is 0 Å². The van der Waals surface area contributed by atoms with Gasteiger partial charge in [-0.25, -0.2) is 0 Å². The van der Waals surface area contributed by atoms with Crippen LogP contribution in [0.5, 0.6) is 0 Å². The highest BCUT2D eigenvalue weighted by atomic mass is 16.1. The second kappa shape index (κ2) is 5.77. The zero-order chi connectivity index (χ0) is 13.1. The summed E-state index contributed by atoms with van der Waals surface area (Å²) < 4.78 is 0. The molecular weight excluding hydrogens is 234 g/mol. The van der Waals surface area contributed by atoms with Crippen LogP contribution in [0, 0.1) is 17.8 Å². The number of aryl methyl sites for hydroxylation is 1. The number of amides is 1. The van der Waals surface area contributed by atoms with Gasteiger partial charge >= 0.3 is 0 Å². The van der Waals surface area contributed by atoms with Gasteiger partial charge in [0.25, 0.3) is 0 Å². The molecule has 3 unspecified atom stereocenters. The Morgan fingerprint density at radius 1 is 1.16 bits per heavy atom. The third-order valence-corrected chi connectivity index (χ3v) is 4.86. The van der Waals surface area contributed by atoms with Crippen molar-refractivity contribution in [2.75, 3.05) is 6.54 Å². The third kappa shape index (κ3) is 2.99. The van der Waals surface area contributed by atoms with E-state index in [0.717, 1.165) is 31.7 Å². The van der Waals surface area contributed by atoms with Gasteiger partial charge < -0.3 is 5.32 Å². The van der Waals surface area contributed by atoms with Crippen molar-refractivity contribution in [1.82, 2.24) is 5.32 Å². The molecule has 2 nitrogen and oxygen atoms in total. The van der Waals surface area contributed by atoms with E-state index in [2.05, 4.69) is 29.6 Å². The van der Waals surface area contributed by atoms with Gasteiger partial charge in [-0.2, -0.15) is 0 Å². The summed E-state index contributed by atoms with van der Waals surface area (Å²) in [7, 11) is 0. The van der Waals surface area contributed by atoms with Crippen LogP contribution in [-0.4, -0.2) is 12.5 Å². The summed E-state index contributed by atoms with van der Waals surface area (Å²) in [4.78, 5) is 12.1. The highest BCUT2D eigenvalue weighted by Gasteiger charge is 2.42. The summed E-state index contributed by atoms with van der Waals surface area (Å²) in [5.41, 5.74) is 1.36. The normalized spacial score (nSPS) is 28.5. The first-order valence-electron chi connectivity index (χ1n) is 7.64. The topological polar surface area (TPSA) is 29.1 Å². The molecule has 2 aliphatic rings. The van der Waals surface area contributed by atoms with Crippen molar-refractivity contribution in [3.63, 3.8) is 0 Å². The van der Waals surface area contributed by atoms with Crippen LogP contribution in [0.25, 0.3) is 0 Å². The fourth-order valence-corrected chi connectivity index (χ4v) is 3.85. The van der Waals surface area contributed by atoms with Crippen molar-refractivity contribution < 1.29 is 4.79 Å². The smallest absolute Gasteiger partial charge is 0.223 e. The highest BCUT2D eigenvalue weighted by molar-refractivity contribution is 5.79. The highest BCUT2D eigenvalue weighted by Crippen LogP contribution is 2.48. The molecule has 2 fully saturated rings. The number of nitrogens with one attached hydrogen (secondary N) is 1. The lowest BCUT2D eigenvalue weighted by molar-refractivity contribution is -0.126. The minimum Gasteiger partial charge on any atom is -0.356 e. The average molecular weight is 257 g/mol. The van der Waals surface area contributed by atoms with Crippen molar-refractivity contribution in [2.45, 2.75) is 38.5 Å². The molecule has 2 heteroatoms. The number of carbonyl (C=O) groups excluding carboxylic acids is 1. The van der Waals surface area contributed by atoms with Crippen LogP contribution in [-0.2, 0) is 11.2 Å². The summed E-state index contributed by atoms with van der Waals surface area (Å²) in [6.45, 7) is 0.821. The van der Waals surface area contributed by atoms with Crippen LogP contribution in [0.2, 0.25) is 0 Å². The molecule has 0 spiro atoms. The van der Waals surface area contributed by atoms with Gasteiger partial charge in [0, 0.05) is 12.5 Å². The molecule has 102 valence electrons. The minimum atomic E-state index is 0.320. The fraction of sp³-hybridized carbons (Fsp3) is 0.588. The molecule has 3 rings (SSSR count). The Hall–Kier alpha value is -1.31. The van der Waals surface area contributed by atoms with Gasteiger partial charge in [-0.1, -0.05) is 36.8 Å². The summed E-state index contributed by atoms with van der Waals surface area (Å²) in [6, 6.07) is 10.5. The van der Waals surface area contributed by atoms with Crippen LogP contribution >= 0.6 is 0 Å². The summed E-state index contributed by atoms with van der Waals surface area (Å²) in [5, 5.41) is 3.14. The molecule has 1 amide bonds. The predicted molar refractivity (Wildman–Crippen MR) is 76.7 cm³/mol. The Morgan fingerprint density at radius 2 is 2.00 bits per heavy atom. The molecule has 0 saturated heterocycles. The number of fused-ring (bicyclic) bond motifs is 2. The molecular formula is C17H23NO. The lowest BCUT2D eigenvalue weighted by Gasteiger charge is -2.20. The van der Waals surface area contributed by atoms with Crippen LogP contribution in [0.4, 0.5) is 0 Å². The Bertz CT molecular complexity index is 428. The number of carbonyl (C=O) groups is 1. The minimum absolute atomic E-state index is 0.320. The second-order valence-electron chi connectivity index (χ2n) is 6.16. The van der Waals surface area contributed by atoms with Crippen LogP contribution in [0.3, 0.4) is 0 Å². The zero-order valence-corrected chi connectivity index (χ0v) is 11.5. The zero-order valence-electron chi connectivity index (χ0n) is 11.5. The largest absolute Gasteiger partial charge is 0.356 e. The van der Waals surface area contributed by atoms with Crippen molar-refractivity contribution in [3.05, 3.63) is 35.9 Å². The molecule has 2 saturated carbocycles. The van der Waals surface area contributed by atoms with Gasteiger partial charge in [0.2, 0.25) is 5.91 Å². The third-order valence-electron chi connectivity index (χ3n) is 4.86. The first-order chi connectivity index (χ1) is 9.33. The molecule has 19 heavy (non-hydrogen) atoms. The lowest BCUT2D eigenvalue weighted by atomic mass is 9.88. The number of hydrogen-bond donors (Lipinski definition) is 1. The second-order valence-corrected chi connectivity index (χ2v) is 6.16. The monoisotopic (exact) mass is 257 g/mol. The SMILES string of the molecule is O=C(NCCCc1ccccc1)C1CC2CCC1C2. The van der Waals surface area contributed by atoms with E-state index in [1.54, 1.807) is 0 Å². The molecule has 0 heterocycles. The maximum Gasteiger partial charge on any atom is 0.223 e. The van der Waals surface area contributed by atoms with E-state index in [4.69, 9.17) is 0 Å². The molecule has 0 aliphatic heterocycles. The van der Waals surface area contributed by atoms with E-state index in [-0.39, 0.29) is 0 Å². The number of benzene rings is 1. The summed E-state index contributed by atoms with van der Waals surface area (Å²) >= 11 is 0. The van der Waals surface area contributed by atoms with E-state index < -0.39 is 0 Å². The molecule has 2 bridgehead atoms. The lowest BCUT2D eigenvalue weighted by Crippen LogP contribution is -2.34. The first-order valence-corrected chi connectivity index (χ1v) is 7.64. The van der Waals surface area contributed by atoms with Crippen LogP contribution in [0.1, 0.15) is 37.7 Å². The standard InChI is InChI=1S/C17H23NO/c19-17(16-12-14-8-9-15(16)11-14)18-10-4-7-13-5-2-1-3-6-13/h1-3,5-6,14-16H,4,7-12H2,(H,18,19). The van der Waals surface area contributed by atoms with Gasteiger partial charge in [-0.3, -0.25) is 4.79 Å². The Morgan fingerprint density at radius 3 is 2.68 bits per heavy atom. The molecule has 0 radical (unpaired) electrons. The van der Waals surface area contributed by atoms with Crippen molar-refractivity contribution in [1.29, 1.82) is 0 Å². The quantitative estimate of drug-likeness (QED) is 0.807.